The number of aryl methyl sites for hydroxylation is 1. The van der Waals surface area contributed by atoms with Gasteiger partial charge in [0.2, 0.25) is 10.0 Å². The van der Waals surface area contributed by atoms with Gasteiger partial charge in [0, 0.05) is 19.3 Å². The zero-order valence-electron chi connectivity index (χ0n) is 13.1. The summed E-state index contributed by atoms with van der Waals surface area (Å²) in [7, 11) is -3.37. The molecule has 8 nitrogen and oxygen atoms in total. The SMILES string of the molecule is Cc1cnc(C(=O)N2C[C@H](NS(C)(=O)=O)[C@@H]3OCCC[C@@H]32)cn1. The normalized spacial score (nSPS) is 27.7. The summed E-state index contributed by atoms with van der Waals surface area (Å²) in [5.41, 5.74) is 0.999. The lowest BCUT2D eigenvalue weighted by atomic mass is 10.0. The van der Waals surface area contributed by atoms with E-state index in [1.807, 2.05) is 0 Å². The van der Waals surface area contributed by atoms with Gasteiger partial charge in [0.05, 0.1) is 36.3 Å². The molecule has 3 atom stereocenters. The molecule has 0 saturated carbocycles. The number of sulfonamides is 1. The second kappa shape index (κ2) is 6.14. The first-order chi connectivity index (χ1) is 10.8. The van der Waals surface area contributed by atoms with E-state index in [9.17, 15) is 13.2 Å². The Balaban J connectivity index is 1.83. The lowest BCUT2D eigenvalue weighted by Crippen LogP contribution is -2.47. The van der Waals surface area contributed by atoms with E-state index in [0.29, 0.717) is 6.61 Å². The van der Waals surface area contributed by atoms with Crippen LogP contribution in [0.15, 0.2) is 12.4 Å². The van der Waals surface area contributed by atoms with Gasteiger partial charge in [-0.1, -0.05) is 0 Å². The van der Waals surface area contributed by atoms with Crippen molar-refractivity contribution < 1.29 is 17.9 Å². The molecular formula is C14H20N4O4S. The number of hydrogen-bond donors (Lipinski definition) is 1. The topological polar surface area (TPSA) is 101 Å². The molecule has 1 N–H and O–H groups in total. The number of aromatic nitrogens is 2. The van der Waals surface area contributed by atoms with Gasteiger partial charge in [0.25, 0.3) is 5.91 Å². The monoisotopic (exact) mass is 340 g/mol. The maximum absolute atomic E-state index is 12.7. The average Bonchev–Trinajstić information content (AvgIpc) is 2.84. The highest BCUT2D eigenvalue weighted by molar-refractivity contribution is 7.88. The molecule has 0 aliphatic carbocycles. The molecule has 0 spiro atoms. The van der Waals surface area contributed by atoms with Crippen molar-refractivity contribution in [2.24, 2.45) is 0 Å². The third-order valence-corrected chi connectivity index (χ3v) is 4.88. The van der Waals surface area contributed by atoms with Gasteiger partial charge in [-0.3, -0.25) is 9.78 Å². The molecule has 2 fully saturated rings. The number of fused-ring (bicyclic) bond motifs is 1. The van der Waals surface area contributed by atoms with Crippen LogP contribution in [0.3, 0.4) is 0 Å². The Kier molecular flexibility index (Phi) is 4.35. The van der Waals surface area contributed by atoms with E-state index >= 15 is 0 Å². The van der Waals surface area contributed by atoms with Crippen molar-refractivity contribution in [3.63, 3.8) is 0 Å². The first kappa shape index (κ1) is 16.3. The summed E-state index contributed by atoms with van der Waals surface area (Å²) in [6.07, 6.45) is 5.42. The molecule has 2 saturated heterocycles. The first-order valence-corrected chi connectivity index (χ1v) is 9.43. The summed E-state index contributed by atoms with van der Waals surface area (Å²) in [5, 5.41) is 0. The van der Waals surface area contributed by atoms with E-state index in [1.165, 1.54) is 6.20 Å². The number of nitrogens with one attached hydrogen (secondary N) is 1. The van der Waals surface area contributed by atoms with Crippen molar-refractivity contribution in [3.8, 4) is 0 Å². The van der Waals surface area contributed by atoms with Crippen LogP contribution in [0.4, 0.5) is 0 Å². The summed E-state index contributed by atoms with van der Waals surface area (Å²) < 4.78 is 31.4. The number of rotatable bonds is 3. The van der Waals surface area contributed by atoms with Crippen molar-refractivity contribution in [3.05, 3.63) is 23.8 Å². The lowest BCUT2D eigenvalue weighted by Gasteiger charge is -2.32. The van der Waals surface area contributed by atoms with Crippen molar-refractivity contribution in [1.82, 2.24) is 19.6 Å². The van der Waals surface area contributed by atoms with Crippen LogP contribution in [-0.2, 0) is 14.8 Å². The van der Waals surface area contributed by atoms with E-state index in [0.717, 1.165) is 24.8 Å². The molecular weight excluding hydrogens is 320 g/mol. The molecule has 0 radical (unpaired) electrons. The fraction of sp³-hybridized carbons (Fsp3) is 0.643. The predicted octanol–water partition coefficient (Wildman–Crippen LogP) is -0.294. The smallest absolute Gasteiger partial charge is 0.274 e. The highest BCUT2D eigenvalue weighted by atomic mass is 32.2. The fourth-order valence-electron chi connectivity index (χ4n) is 3.22. The number of amides is 1. The van der Waals surface area contributed by atoms with Gasteiger partial charge in [0.1, 0.15) is 5.69 Å². The van der Waals surface area contributed by atoms with Crippen molar-refractivity contribution in [2.45, 2.75) is 38.0 Å². The third kappa shape index (κ3) is 3.51. The highest BCUT2D eigenvalue weighted by Gasteiger charge is 2.47. The summed E-state index contributed by atoms with van der Waals surface area (Å²) in [6.45, 7) is 2.65. The second-order valence-corrected chi connectivity index (χ2v) is 7.82. The minimum atomic E-state index is -3.37. The van der Waals surface area contributed by atoms with Gasteiger partial charge in [-0.15, -0.1) is 0 Å². The molecule has 3 heterocycles. The van der Waals surface area contributed by atoms with E-state index in [4.69, 9.17) is 4.74 Å². The van der Waals surface area contributed by atoms with Gasteiger partial charge in [-0.25, -0.2) is 18.1 Å². The van der Waals surface area contributed by atoms with Crippen LogP contribution in [0, 0.1) is 6.92 Å². The molecule has 2 aliphatic heterocycles. The lowest BCUT2D eigenvalue weighted by molar-refractivity contribution is -0.0157. The first-order valence-electron chi connectivity index (χ1n) is 7.54. The zero-order valence-corrected chi connectivity index (χ0v) is 13.9. The van der Waals surface area contributed by atoms with Crippen molar-refractivity contribution >= 4 is 15.9 Å². The van der Waals surface area contributed by atoms with Gasteiger partial charge < -0.3 is 9.64 Å². The number of likely N-dealkylation sites (tertiary alicyclic amines) is 1. The fourth-order valence-corrected chi connectivity index (χ4v) is 3.98. The Morgan fingerprint density at radius 3 is 2.83 bits per heavy atom. The molecule has 126 valence electrons. The van der Waals surface area contributed by atoms with Crippen LogP contribution in [0.2, 0.25) is 0 Å². The summed E-state index contributed by atoms with van der Waals surface area (Å²) >= 11 is 0. The second-order valence-electron chi connectivity index (χ2n) is 6.04. The maximum Gasteiger partial charge on any atom is 0.274 e. The molecule has 23 heavy (non-hydrogen) atoms. The number of ether oxygens (including phenoxy) is 1. The Morgan fingerprint density at radius 1 is 1.39 bits per heavy atom. The standard InChI is InChI=1S/C14H20N4O4S/c1-9-6-16-10(7-15-9)14(19)18-8-11(17-23(2,20)21)13-12(18)4-3-5-22-13/h6-7,11-13,17H,3-5,8H2,1-2H3/t11-,12-,13-/m0/s1. The number of carbonyl (C=O) groups is 1. The summed E-state index contributed by atoms with van der Waals surface area (Å²) in [6, 6.07) is -0.573. The number of hydrogen-bond acceptors (Lipinski definition) is 6. The average molecular weight is 340 g/mol. The van der Waals surface area contributed by atoms with Crippen LogP contribution in [0.5, 0.6) is 0 Å². The van der Waals surface area contributed by atoms with Crippen LogP contribution in [0.25, 0.3) is 0 Å². The van der Waals surface area contributed by atoms with E-state index in [1.54, 1.807) is 18.0 Å². The third-order valence-electron chi connectivity index (χ3n) is 4.15. The van der Waals surface area contributed by atoms with Crippen LogP contribution in [0.1, 0.15) is 29.0 Å². The summed E-state index contributed by atoms with van der Waals surface area (Å²) in [5.74, 6) is -0.240. The number of carbonyl (C=O) groups excluding carboxylic acids is 1. The zero-order chi connectivity index (χ0) is 16.6. The molecule has 0 aromatic carbocycles. The van der Waals surface area contributed by atoms with Crippen LogP contribution >= 0.6 is 0 Å². The molecule has 0 bridgehead atoms. The van der Waals surface area contributed by atoms with Gasteiger partial charge in [0.15, 0.2) is 0 Å². The molecule has 2 aliphatic rings. The van der Waals surface area contributed by atoms with E-state index < -0.39 is 16.1 Å². The predicted molar refractivity (Wildman–Crippen MR) is 82.3 cm³/mol. The molecule has 9 heteroatoms. The largest absolute Gasteiger partial charge is 0.374 e. The van der Waals surface area contributed by atoms with E-state index in [-0.39, 0.29) is 30.3 Å². The molecule has 1 aromatic heterocycles. The van der Waals surface area contributed by atoms with Crippen LogP contribution in [-0.4, -0.2) is 66.8 Å². The minimum Gasteiger partial charge on any atom is -0.374 e. The van der Waals surface area contributed by atoms with Crippen molar-refractivity contribution in [1.29, 1.82) is 0 Å². The van der Waals surface area contributed by atoms with Gasteiger partial charge >= 0.3 is 0 Å². The Morgan fingerprint density at radius 2 is 2.17 bits per heavy atom. The molecule has 3 rings (SSSR count). The minimum absolute atomic E-state index is 0.140. The Bertz CT molecular complexity index is 691. The van der Waals surface area contributed by atoms with Gasteiger partial charge in [-0.05, 0) is 19.8 Å². The van der Waals surface area contributed by atoms with Crippen molar-refractivity contribution in [2.75, 3.05) is 19.4 Å². The highest BCUT2D eigenvalue weighted by Crippen LogP contribution is 2.30. The molecule has 1 aromatic rings. The Hall–Kier alpha value is -1.58. The van der Waals surface area contributed by atoms with E-state index in [2.05, 4.69) is 14.7 Å². The maximum atomic E-state index is 12.7. The molecule has 0 unspecified atom stereocenters. The van der Waals surface area contributed by atoms with Gasteiger partial charge in [-0.2, -0.15) is 0 Å². The number of nitrogens with zero attached hydrogens (tertiary/aromatic N) is 3. The summed E-state index contributed by atoms with van der Waals surface area (Å²) in [4.78, 5) is 22.6. The quantitative estimate of drug-likeness (QED) is 0.811. The molecule has 1 amide bonds. The van der Waals surface area contributed by atoms with Crippen LogP contribution < -0.4 is 4.72 Å². The Labute approximate surface area is 135 Å².